The first kappa shape index (κ1) is 11.5. The lowest BCUT2D eigenvalue weighted by atomic mass is 10.1. The number of aryl methyl sites for hydroxylation is 1. The Morgan fingerprint density at radius 2 is 2.21 bits per heavy atom. The molecule has 0 N–H and O–H groups in total. The van der Waals surface area contributed by atoms with Gasteiger partial charge in [-0.3, -0.25) is 0 Å². The summed E-state index contributed by atoms with van der Waals surface area (Å²) in [5, 5.41) is 1.15. The Morgan fingerprint density at radius 3 is 2.64 bits per heavy atom. The Kier molecular flexibility index (Phi) is 3.96. The van der Waals surface area contributed by atoms with Crippen molar-refractivity contribution in [2.45, 2.75) is 12.3 Å². The molecule has 76 valence electrons. The van der Waals surface area contributed by atoms with Crippen molar-refractivity contribution in [1.29, 1.82) is 0 Å². The van der Waals surface area contributed by atoms with E-state index >= 15 is 0 Å². The van der Waals surface area contributed by atoms with Crippen LogP contribution in [0.2, 0.25) is 5.02 Å². The van der Waals surface area contributed by atoms with E-state index in [-0.39, 0.29) is 0 Å². The summed E-state index contributed by atoms with van der Waals surface area (Å²) >= 11 is 9.30. The molecule has 0 aromatic heterocycles. The zero-order valence-corrected chi connectivity index (χ0v) is 10.3. The van der Waals surface area contributed by atoms with Gasteiger partial charge in [0.05, 0.1) is 17.7 Å². The average Bonchev–Trinajstić information content (AvgIpc) is 2.16. The molecular weight excluding hydrogens is 267 g/mol. The fraction of sp³-hybridized carbons (Fsp3) is 0.300. The highest BCUT2D eigenvalue weighted by molar-refractivity contribution is 9.08. The van der Waals surface area contributed by atoms with Crippen LogP contribution in [0.1, 0.15) is 21.5 Å². The smallest absolute Gasteiger partial charge is 0.339 e. The normalized spacial score (nSPS) is 10.0. The summed E-state index contributed by atoms with van der Waals surface area (Å²) in [5.41, 5.74) is 2.32. The number of ether oxygens (including phenoxy) is 1. The van der Waals surface area contributed by atoms with E-state index in [2.05, 4.69) is 20.7 Å². The molecule has 0 saturated carbocycles. The van der Waals surface area contributed by atoms with Crippen LogP contribution >= 0.6 is 27.5 Å². The van der Waals surface area contributed by atoms with Gasteiger partial charge in [-0.25, -0.2) is 4.79 Å². The molecule has 0 saturated heterocycles. The zero-order chi connectivity index (χ0) is 10.7. The Morgan fingerprint density at radius 1 is 1.57 bits per heavy atom. The molecule has 0 amide bonds. The summed E-state index contributed by atoms with van der Waals surface area (Å²) in [4.78, 5) is 11.3. The minimum absolute atomic E-state index is 0.395. The second-order valence-corrected chi connectivity index (χ2v) is 3.86. The van der Waals surface area contributed by atoms with Gasteiger partial charge in [-0.05, 0) is 24.1 Å². The first-order valence-corrected chi connectivity index (χ1v) is 5.53. The minimum atomic E-state index is -0.395. The van der Waals surface area contributed by atoms with Crippen LogP contribution in [-0.4, -0.2) is 13.1 Å². The maximum atomic E-state index is 11.3. The van der Waals surface area contributed by atoms with E-state index in [9.17, 15) is 4.79 Å². The van der Waals surface area contributed by atoms with Gasteiger partial charge in [0.2, 0.25) is 0 Å². The second kappa shape index (κ2) is 4.80. The van der Waals surface area contributed by atoms with Gasteiger partial charge in [0.1, 0.15) is 0 Å². The third kappa shape index (κ3) is 2.28. The fourth-order valence-corrected chi connectivity index (χ4v) is 1.94. The van der Waals surface area contributed by atoms with E-state index < -0.39 is 5.97 Å². The first-order valence-electron chi connectivity index (χ1n) is 4.03. The van der Waals surface area contributed by atoms with E-state index in [1.54, 1.807) is 6.07 Å². The molecule has 0 unspecified atom stereocenters. The van der Waals surface area contributed by atoms with E-state index in [0.29, 0.717) is 10.6 Å². The molecule has 0 fully saturated rings. The number of carbonyl (C=O) groups is 1. The molecule has 0 aliphatic heterocycles. The predicted molar refractivity (Wildman–Crippen MR) is 60.2 cm³/mol. The number of benzene rings is 1. The van der Waals surface area contributed by atoms with Gasteiger partial charge < -0.3 is 4.74 Å². The number of hydrogen-bond donors (Lipinski definition) is 0. The highest BCUT2D eigenvalue weighted by atomic mass is 79.9. The molecule has 0 atom stereocenters. The van der Waals surface area contributed by atoms with Gasteiger partial charge >= 0.3 is 5.97 Å². The van der Waals surface area contributed by atoms with E-state index in [4.69, 9.17) is 11.6 Å². The molecule has 1 aromatic carbocycles. The average molecular weight is 278 g/mol. The van der Waals surface area contributed by atoms with Gasteiger partial charge in [-0.2, -0.15) is 0 Å². The van der Waals surface area contributed by atoms with E-state index in [0.717, 1.165) is 16.5 Å². The number of hydrogen-bond acceptors (Lipinski definition) is 2. The molecule has 2 nitrogen and oxygen atoms in total. The lowest BCUT2D eigenvalue weighted by Crippen LogP contribution is -2.05. The number of esters is 1. The molecule has 1 aromatic rings. The number of rotatable bonds is 2. The number of methoxy groups -OCH3 is 1. The molecule has 4 heteroatoms. The maximum absolute atomic E-state index is 11.3. The Labute approximate surface area is 96.3 Å². The van der Waals surface area contributed by atoms with Crippen LogP contribution in [0.4, 0.5) is 0 Å². The van der Waals surface area contributed by atoms with Gasteiger partial charge in [0.15, 0.2) is 0 Å². The van der Waals surface area contributed by atoms with Crippen molar-refractivity contribution in [3.8, 4) is 0 Å². The topological polar surface area (TPSA) is 26.3 Å². The van der Waals surface area contributed by atoms with Crippen LogP contribution in [-0.2, 0) is 10.1 Å². The van der Waals surface area contributed by atoms with Crippen LogP contribution in [0, 0.1) is 6.92 Å². The lowest BCUT2D eigenvalue weighted by molar-refractivity contribution is 0.0600. The van der Waals surface area contributed by atoms with Crippen molar-refractivity contribution in [3.05, 3.63) is 33.8 Å². The van der Waals surface area contributed by atoms with E-state index in [1.807, 2.05) is 13.0 Å². The van der Waals surface area contributed by atoms with Crippen LogP contribution < -0.4 is 0 Å². The van der Waals surface area contributed by atoms with Crippen molar-refractivity contribution >= 4 is 33.5 Å². The third-order valence-corrected chi connectivity index (χ3v) is 2.84. The quantitative estimate of drug-likeness (QED) is 0.612. The zero-order valence-electron chi connectivity index (χ0n) is 7.93. The number of halogens is 2. The number of alkyl halides is 1. The molecule has 0 heterocycles. The third-order valence-electron chi connectivity index (χ3n) is 1.89. The highest BCUT2D eigenvalue weighted by Gasteiger charge is 2.14. The van der Waals surface area contributed by atoms with Gasteiger partial charge in [-0.1, -0.05) is 33.6 Å². The Bertz CT molecular complexity index is 340. The summed E-state index contributed by atoms with van der Waals surface area (Å²) in [6.45, 7) is 1.84. The van der Waals surface area contributed by atoms with Gasteiger partial charge in [-0.15, -0.1) is 0 Å². The lowest BCUT2D eigenvalue weighted by Gasteiger charge is -2.07. The first-order chi connectivity index (χ1) is 6.60. The second-order valence-electron chi connectivity index (χ2n) is 2.89. The Balaban J connectivity index is 3.25. The molecule has 1 rings (SSSR count). The van der Waals surface area contributed by atoms with Crippen LogP contribution in [0.15, 0.2) is 12.1 Å². The van der Waals surface area contributed by atoms with Crippen molar-refractivity contribution in [2.24, 2.45) is 0 Å². The summed E-state index contributed by atoms with van der Waals surface area (Å²) in [5.74, 6) is -0.395. The standard InChI is InChI=1S/C10H10BrClO2/c1-6-3-7(5-11)4-8(12)9(6)10(13)14-2/h3-4H,5H2,1-2H3. The van der Waals surface area contributed by atoms with Gasteiger partial charge in [0.25, 0.3) is 0 Å². The summed E-state index contributed by atoms with van der Waals surface area (Å²) in [6, 6.07) is 3.67. The summed E-state index contributed by atoms with van der Waals surface area (Å²) in [6.07, 6.45) is 0. The van der Waals surface area contributed by atoms with Crippen LogP contribution in [0.5, 0.6) is 0 Å². The van der Waals surface area contributed by atoms with Crippen LogP contribution in [0.25, 0.3) is 0 Å². The molecule has 0 spiro atoms. The summed E-state index contributed by atoms with van der Waals surface area (Å²) in [7, 11) is 1.34. The monoisotopic (exact) mass is 276 g/mol. The molecule has 0 aliphatic rings. The molecule has 0 bridgehead atoms. The predicted octanol–water partition coefficient (Wildman–Crippen LogP) is 3.33. The maximum Gasteiger partial charge on any atom is 0.339 e. The minimum Gasteiger partial charge on any atom is -0.465 e. The number of carbonyl (C=O) groups excluding carboxylic acids is 1. The fourth-order valence-electron chi connectivity index (χ4n) is 1.25. The van der Waals surface area contributed by atoms with Gasteiger partial charge in [0, 0.05) is 5.33 Å². The van der Waals surface area contributed by atoms with Crippen LogP contribution in [0.3, 0.4) is 0 Å². The largest absolute Gasteiger partial charge is 0.465 e. The van der Waals surface area contributed by atoms with Crippen molar-refractivity contribution in [3.63, 3.8) is 0 Å². The molecule has 14 heavy (non-hydrogen) atoms. The highest BCUT2D eigenvalue weighted by Crippen LogP contribution is 2.24. The Hall–Kier alpha value is -0.540. The summed E-state index contributed by atoms with van der Waals surface area (Å²) < 4.78 is 4.64. The SMILES string of the molecule is COC(=O)c1c(C)cc(CBr)cc1Cl. The molecule has 0 radical (unpaired) electrons. The molecule has 0 aliphatic carbocycles. The van der Waals surface area contributed by atoms with Crippen molar-refractivity contribution in [1.82, 2.24) is 0 Å². The molecular formula is C10H10BrClO2. The van der Waals surface area contributed by atoms with Crippen molar-refractivity contribution < 1.29 is 9.53 Å². The van der Waals surface area contributed by atoms with E-state index in [1.165, 1.54) is 7.11 Å². The van der Waals surface area contributed by atoms with Crippen molar-refractivity contribution in [2.75, 3.05) is 7.11 Å².